The third kappa shape index (κ3) is 5.84. The first kappa shape index (κ1) is 20.5. The average Bonchev–Trinajstić information content (AvgIpc) is 2.63. The molecule has 2 rings (SSSR count). The Morgan fingerprint density at radius 3 is 2.67 bits per heavy atom. The predicted octanol–water partition coefficient (Wildman–Crippen LogP) is 2.88. The highest BCUT2D eigenvalue weighted by molar-refractivity contribution is 5.85. The number of fused-ring (bicyclic) bond motifs is 1. The normalized spacial score (nSPS) is 11.9. The monoisotopic (exact) mass is 375 g/mol. The minimum absolute atomic E-state index is 0.321. The first-order valence-corrected chi connectivity index (χ1v) is 9.16. The van der Waals surface area contributed by atoms with Gasteiger partial charge in [0.2, 0.25) is 0 Å². The van der Waals surface area contributed by atoms with Gasteiger partial charge in [-0.1, -0.05) is 26.7 Å². The number of hydrogen-bond acceptors (Lipinski definition) is 5. The van der Waals surface area contributed by atoms with Crippen LogP contribution in [0.3, 0.4) is 0 Å². The van der Waals surface area contributed by atoms with E-state index in [2.05, 4.69) is 12.2 Å². The number of carbonyl (C=O) groups is 2. The second-order valence-corrected chi connectivity index (χ2v) is 6.39. The maximum atomic E-state index is 11.9. The van der Waals surface area contributed by atoms with Crippen molar-refractivity contribution < 1.29 is 23.8 Å². The maximum Gasteiger partial charge on any atom is 0.336 e. The highest BCUT2D eigenvalue weighted by Gasteiger charge is 2.19. The van der Waals surface area contributed by atoms with Crippen molar-refractivity contribution >= 4 is 22.8 Å². The summed E-state index contributed by atoms with van der Waals surface area (Å²) in [5.41, 5.74) is 0.907. The second kappa shape index (κ2) is 9.75. The molecule has 7 nitrogen and oxygen atoms in total. The highest BCUT2D eigenvalue weighted by Crippen LogP contribution is 2.23. The van der Waals surface area contributed by atoms with Crippen LogP contribution < -0.4 is 15.7 Å². The van der Waals surface area contributed by atoms with E-state index in [4.69, 9.17) is 14.3 Å². The Hall–Kier alpha value is -2.83. The Balaban J connectivity index is 2.08. The highest BCUT2D eigenvalue weighted by atomic mass is 16.5. The van der Waals surface area contributed by atoms with Gasteiger partial charge in [0, 0.05) is 17.5 Å². The largest absolute Gasteiger partial charge is 0.484 e. The van der Waals surface area contributed by atoms with E-state index >= 15 is 0 Å². The minimum atomic E-state index is -1.07. The van der Waals surface area contributed by atoms with E-state index in [1.54, 1.807) is 18.2 Å². The molecule has 1 amide bonds. The van der Waals surface area contributed by atoms with Crippen LogP contribution in [0, 0.1) is 0 Å². The molecule has 27 heavy (non-hydrogen) atoms. The summed E-state index contributed by atoms with van der Waals surface area (Å²) in [7, 11) is 0. The molecule has 0 aliphatic rings. The summed E-state index contributed by atoms with van der Waals surface area (Å²) in [5, 5.41) is 12.3. The number of hydrogen-bond donors (Lipinski definition) is 2. The fourth-order valence-electron chi connectivity index (χ4n) is 2.81. The molecule has 0 bridgehead atoms. The van der Waals surface area contributed by atoms with Gasteiger partial charge in [0.25, 0.3) is 5.91 Å². The Kier molecular flexibility index (Phi) is 7.40. The number of nitrogens with one attached hydrogen (secondary N) is 1. The summed E-state index contributed by atoms with van der Waals surface area (Å²) in [4.78, 5) is 34.8. The lowest BCUT2D eigenvalue weighted by Gasteiger charge is -2.14. The Bertz CT molecular complexity index is 857. The molecular weight excluding hydrogens is 350 g/mol. The molecule has 1 aromatic carbocycles. The van der Waals surface area contributed by atoms with Gasteiger partial charge in [0.1, 0.15) is 17.4 Å². The molecule has 0 fully saturated rings. The van der Waals surface area contributed by atoms with E-state index in [9.17, 15) is 14.4 Å². The van der Waals surface area contributed by atoms with Gasteiger partial charge >= 0.3 is 11.6 Å². The quantitative estimate of drug-likeness (QED) is 0.619. The molecule has 1 unspecified atom stereocenters. The molecule has 0 radical (unpaired) electrons. The van der Waals surface area contributed by atoms with Crippen molar-refractivity contribution in [1.82, 2.24) is 5.32 Å². The van der Waals surface area contributed by atoms with Crippen molar-refractivity contribution in [3.8, 4) is 5.75 Å². The van der Waals surface area contributed by atoms with Gasteiger partial charge in [-0.05, 0) is 37.0 Å². The van der Waals surface area contributed by atoms with Crippen molar-refractivity contribution in [3.05, 3.63) is 40.2 Å². The van der Waals surface area contributed by atoms with Gasteiger partial charge < -0.3 is 19.6 Å². The van der Waals surface area contributed by atoms with Crippen molar-refractivity contribution in [2.75, 3.05) is 6.61 Å². The molecule has 0 saturated heterocycles. The number of unbranched alkanes of at least 4 members (excludes halogenated alkanes) is 1. The minimum Gasteiger partial charge on any atom is -0.484 e. The number of rotatable bonds is 10. The zero-order valence-corrected chi connectivity index (χ0v) is 15.6. The van der Waals surface area contributed by atoms with Gasteiger partial charge in [0.15, 0.2) is 6.61 Å². The lowest BCUT2D eigenvalue weighted by atomic mass is 10.0. The van der Waals surface area contributed by atoms with Crippen molar-refractivity contribution in [2.24, 2.45) is 0 Å². The van der Waals surface area contributed by atoms with Crippen molar-refractivity contribution in [1.29, 1.82) is 0 Å². The van der Waals surface area contributed by atoms with E-state index in [0.717, 1.165) is 30.2 Å². The van der Waals surface area contributed by atoms with E-state index in [1.165, 1.54) is 6.07 Å². The first-order chi connectivity index (χ1) is 12.9. The lowest BCUT2D eigenvalue weighted by Crippen LogP contribution is -2.42. The van der Waals surface area contributed by atoms with E-state index in [1.807, 2.05) is 6.92 Å². The topological polar surface area (TPSA) is 106 Å². The maximum absolute atomic E-state index is 11.9. The summed E-state index contributed by atoms with van der Waals surface area (Å²) in [6.45, 7) is 3.61. The van der Waals surface area contributed by atoms with Gasteiger partial charge in [-0.25, -0.2) is 9.59 Å². The fraction of sp³-hybridized carbons (Fsp3) is 0.450. The van der Waals surface area contributed by atoms with E-state index in [0.29, 0.717) is 24.2 Å². The van der Waals surface area contributed by atoms with Gasteiger partial charge in [-0.15, -0.1) is 0 Å². The average molecular weight is 375 g/mol. The Morgan fingerprint density at radius 2 is 2.00 bits per heavy atom. The molecule has 0 saturated carbocycles. The molecule has 7 heteroatoms. The molecule has 0 aliphatic carbocycles. The summed E-state index contributed by atoms with van der Waals surface area (Å²) in [6, 6.07) is 5.65. The second-order valence-electron chi connectivity index (χ2n) is 6.39. The fourth-order valence-corrected chi connectivity index (χ4v) is 2.81. The molecule has 146 valence electrons. The summed E-state index contributed by atoms with van der Waals surface area (Å²) in [5.74, 6) is -1.22. The van der Waals surface area contributed by atoms with Gasteiger partial charge in [0.05, 0.1) is 0 Å². The molecule has 0 spiro atoms. The van der Waals surface area contributed by atoms with Crippen LogP contribution in [0.1, 0.15) is 45.1 Å². The number of carboxylic acid groups (broad SMARTS) is 1. The Morgan fingerprint density at radius 1 is 1.22 bits per heavy atom. The van der Waals surface area contributed by atoms with Crippen LogP contribution in [0.2, 0.25) is 0 Å². The lowest BCUT2D eigenvalue weighted by molar-refractivity contribution is -0.142. The molecule has 0 aliphatic heterocycles. The van der Waals surface area contributed by atoms with Gasteiger partial charge in [-0.2, -0.15) is 0 Å². The third-order valence-corrected chi connectivity index (χ3v) is 4.18. The number of carboxylic acids is 1. The number of amides is 1. The van der Waals surface area contributed by atoms with Gasteiger partial charge in [-0.3, -0.25) is 4.79 Å². The third-order valence-electron chi connectivity index (χ3n) is 4.18. The van der Waals surface area contributed by atoms with E-state index < -0.39 is 23.5 Å². The van der Waals surface area contributed by atoms with Crippen LogP contribution in [-0.2, 0) is 16.0 Å². The number of benzene rings is 1. The smallest absolute Gasteiger partial charge is 0.336 e. The molecule has 1 heterocycles. The molecular formula is C20H25NO6. The molecule has 2 aromatic rings. The van der Waals surface area contributed by atoms with Crippen molar-refractivity contribution in [3.63, 3.8) is 0 Å². The van der Waals surface area contributed by atoms with Crippen LogP contribution in [0.5, 0.6) is 5.75 Å². The van der Waals surface area contributed by atoms with Crippen LogP contribution in [0.25, 0.3) is 11.0 Å². The number of aliphatic carboxylic acids is 1. The molecule has 1 aromatic heterocycles. The zero-order valence-electron chi connectivity index (χ0n) is 15.6. The van der Waals surface area contributed by atoms with Crippen LogP contribution in [0.4, 0.5) is 0 Å². The van der Waals surface area contributed by atoms with Crippen LogP contribution in [-0.4, -0.2) is 29.6 Å². The van der Waals surface area contributed by atoms with Crippen LogP contribution >= 0.6 is 0 Å². The summed E-state index contributed by atoms with van der Waals surface area (Å²) in [6.07, 6.45) is 3.77. The number of aryl methyl sites for hydroxylation is 1. The number of ether oxygens (including phenoxy) is 1. The number of carbonyl (C=O) groups excluding carboxylic acids is 1. The summed E-state index contributed by atoms with van der Waals surface area (Å²) >= 11 is 0. The van der Waals surface area contributed by atoms with E-state index in [-0.39, 0.29) is 6.61 Å². The molecule has 2 N–H and O–H groups in total. The standard InChI is InChI=1S/C20H25NO6/c1-3-5-7-13-10-19(23)27-17-11-14(8-9-15(13)17)26-12-18(22)21-16(6-4-2)20(24)25/h8-11,16H,3-7,12H2,1-2H3,(H,21,22)(H,24,25). The SMILES string of the molecule is CCCCc1cc(=O)oc2cc(OCC(=O)NC(CCC)C(=O)O)ccc12. The Labute approximate surface area is 157 Å². The van der Waals surface area contributed by atoms with Crippen molar-refractivity contribution in [2.45, 2.75) is 52.0 Å². The van der Waals surface area contributed by atoms with Crippen LogP contribution in [0.15, 0.2) is 33.5 Å². The predicted molar refractivity (Wildman–Crippen MR) is 101 cm³/mol. The molecule has 1 atom stereocenters. The summed E-state index contributed by atoms with van der Waals surface area (Å²) < 4.78 is 10.7. The zero-order chi connectivity index (χ0) is 19.8. The first-order valence-electron chi connectivity index (χ1n) is 9.16.